The van der Waals surface area contributed by atoms with Gasteiger partial charge in [0.05, 0.1) is 43.2 Å². The van der Waals surface area contributed by atoms with E-state index in [1.54, 1.807) is 0 Å². The lowest BCUT2D eigenvalue weighted by molar-refractivity contribution is -0.137. The van der Waals surface area contributed by atoms with Crippen LogP contribution in [0.3, 0.4) is 0 Å². The van der Waals surface area contributed by atoms with E-state index >= 15 is 13.6 Å². The van der Waals surface area contributed by atoms with E-state index in [4.69, 9.17) is 35.6 Å². The van der Waals surface area contributed by atoms with Gasteiger partial charge in [0.2, 0.25) is 5.91 Å². The SMILES string of the molecule is [2H]C1=C(SC([2H])([2H])c2c([2H])c([2H])c([2H])c(F)c2F)N(CC(=O)N(Cc2c([2H])c([2H])c(-c3c([2H])c([2H])c(C(F)(F)F)c([2H])c3[2H])c([2H])c2C)C2([2H])C([2H])([2H])C([2H])([2H])N(C([2H])([2H])COC([2H])([2H])[2H])C([2H])([2H])C2([2H])[2H])c2c([2H])c([2H])c([2H])c([2H])c2C1O. The summed E-state index contributed by atoms with van der Waals surface area (Å²) >= 11 is -0.567. The van der Waals surface area contributed by atoms with Crippen molar-refractivity contribution in [1.29, 1.82) is 0 Å². The molecule has 2 aliphatic heterocycles. The fraction of sp³-hybridized carbons (Fsp3) is 0.341. The molecule has 4 aromatic rings. The smallest absolute Gasteiger partial charge is 0.384 e. The molecule has 1 unspecified atom stereocenters. The summed E-state index contributed by atoms with van der Waals surface area (Å²) in [6.45, 7) is -18.2. The molecule has 2 aliphatic rings. The molecule has 0 radical (unpaired) electrons. The first-order valence-electron chi connectivity index (χ1n) is 30.1. The number of amides is 1. The van der Waals surface area contributed by atoms with Crippen molar-refractivity contribution >= 4 is 23.4 Å². The van der Waals surface area contributed by atoms with Gasteiger partial charge in [0.15, 0.2) is 11.6 Å². The number of piperidine rings is 1. The van der Waals surface area contributed by atoms with Crippen molar-refractivity contribution < 1.29 is 79.1 Å². The zero-order valence-electron chi connectivity index (χ0n) is 57.6. The molecule has 0 aliphatic carbocycles. The van der Waals surface area contributed by atoms with E-state index < -0.39 is 262 Å². The van der Waals surface area contributed by atoms with E-state index in [1.165, 1.54) is 0 Å². The third kappa shape index (κ3) is 9.12. The van der Waals surface area contributed by atoms with E-state index in [-0.39, 0.29) is 4.90 Å². The van der Waals surface area contributed by atoms with Crippen molar-refractivity contribution in [2.24, 2.45) is 0 Å². The molecule has 0 spiro atoms. The molecule has 12 heteroatoms. The number of ether oxygens (including phenoxy) is 1. The lowest BCUT2D eigenvalue weighted by Crippen LogP contribution is -2.50. The first-order chi connectivity index (χ1) is 37.7. The molecule has 53 heavy (non-hydrogen) atoms. The van der Waals surface area contributed by atoms with Gasteiger partial charge in [-0.2, -0.15) is 13.2 Å². The predicted octanol–water partition coefficient (Wildman–Crippen LogP) is 8.73. The lowest BCUT2D eigenvalue weighted by Gasteiger charge is -2.41. The van der Waals surface area contributed by atoms with Gasteiger partial charge in [-0.05, 0) is 72.1 Å². The molecule has 0 bridgehead atoms. The number of likely N-dealkylation sites (tertiary alicyclic amines) is 1. The highest BCUT2D eigenvalue weighted by atomic mass is 32.2. The maximum atomic E-state index is 15.8. The summed E-state index contributed by atoms with van der Waals surface area (Å²) in [6, 6.07) is -26.1. The third-order valence-corrected chi connectivity index (χ3v) is 7.91. The average molecular weight is 783 g/mol. The second-order valence-electron chi connectivity index (χ2n) is 10.5. The number of benzene rings is 4. The number of nitrogens with zero attached hydrogens (tertiary/aromatic N) is 3. The normalized spacial score (nSPS) is 30.5. The number of alkyl halides is 3. The lowest BCUT2D eigenvalue weighted by atomic mass is 9.97. The minimum absolute atomic E-state index is 0.159. The van der Waals surface area contributed by atoms with E-state index in [9.17, 15) is 25.1 Å². The quantitative estimate of drug-likeness (QED) is 0.145. The Morgan fingerprint density at radius 2 is 1.79 bits per heavy atom. The molecule has 1 N–H and O–H groups in total. The predicted molar refractivity (Wildman–Crippen MR) is 198 cm³/mol. The Balaban J connectivity index is 1.73. The third-order valence-electron chi connectivity index (χ3n) is 7.08. The zero-order chi connectivity index (χ0) is 64.9. The van der Waals surface area contributed by atoms with Crippen LogP contribution in [0.4, 0.5) is 27.6 Å². The van der Waals surface area contributed by atoms with E-state index in [2.05, 4.69) is 4.74 Å². The number of aliphatic hydroxyl groups is 1. The summed E-state index contributed by atoms with van der Waals surface area (Å²) < 4.78 is 345. The Labute approximate surface area is 354 Å². The summed E-state index contributed by atoms with van der Waals surface area (Å²) in [5.74, 6) is -6.68. The summed E-state index contributed by atoms with van der Waals surface area (Å²) in [4.78, 5) is 14.6. The zero-order valence-corrected chi connectivity index (χ0v) is 27.4. The summed E-state index contributed by atoms with van der Waals surface area (Å²) in [7, 11) is -3.55. The Morgan fingerprint density at radius 1 is 1.06 bits per heavy atom. The topological polar surface area (TPSA) is 56.3 Å². The number of hydrogen-bond acceptors (Lipinski definition) is 6. The molecule has 1 amide bonds. The molecule has 0 saturated carbocycles. The van der Waals surface area contributed by atoms with E-state index in [0.717, 1.165) is 6.92 Å². The van der Waals surface area contributed by atoms with Crippen molar-refractivity contribution in [1.82, 2.24) is 9.80 Å². The maximum absolute atomic E-state index is 15.8. The second kappa shape index (κ2) is 16.8. The maximum Gasteiger partial charge on any atom is 0.416 e. The van der Waals surface area contributed by atoms with Gasteiger partial charge in [0.1, 0.15) is 12.6 Å². The molecule has 2 heterocycles. The number of hydrogen-bond donors (Lipinski definition) is 1. The Bertz CT molecular complexity index is 3360. The van der Waals surface area contributed by atoms with Crippen molar-refractivity contribution in [3.8, 4) is 11.1 Å². The minimum atomic E-state index is -5.52. The van der Waals surface area contributed by atoms with Gasteiger partial charge < -0.3 is 24.5 Å². The van der Waals surface area contributed by atoms with Crippen molar-refractivity contribution in [2.75, 3.05) is 44.6 Å². The highest BCUT2D eigenvalue weighted by molar-refractivity contribution is 8.02. The van der Waals surface area contributed by atoms with Crippen LogP contribution < -0.4 is 4.90 Å². The molecular weight excluding hydrogens is 710 g/mol. The van der Waals surface area contributed by atoms with Gasteiger partial charge in [-0.15, -0.1) is 11.8 Å². The number of thioether (sulfide) groups is 1. The van der Waals surface area contributed by atoms with Crippen LogP contribution in [-0.2, 0) is 28.0 Å². The number of carbonyl (C=O) groups excluding carboxylic acids is 1. The van der Waals surface area contributed by atoms with E-state index in [1.807, 2.05) is 0 Å². The van der Waals surface area contributed by atoms with Crippen molar-refractivity contribution in [3.63, 3.8) is 0 Å². The molecule has 6 nitrogen and oxygen atoms in total. The molecular formula is C41H42F5N3O3S. The number of anilines is 1. The summed E-state index contributed by atoms with van der Waals surface area (Å²) in [5.41, 5.74) is -14.0. The molecule has 280 valence electrons. The highest BCUT2D eigenvalue weighted by Crippen LogP contribution is 2.41. The Morgan fingerprint density at radius 3 is 2.53 bits per heavy atom. The monoisotopic (exact) mass is 782 g/mol. The molecule has 1 fully saturated rings. The Hall–Kier alpha value is -4.23. The number of para-hydroxylation sites is 1. The number of halogens is 5. The van der Waals surface area contributed by atoms with Crippen LogP contribution in [0.1, 0.15) is 89.2 Å². The van der Waals surface area contributed by atoms with Gasteiger partial charge in [0, 0.05) is 78.1 Å². The molecule has 0 aromatic heterocycles. The van der Waals surface area contributed by atoms with Gasteiger partial charge in [-0.25, -0.2) is 8.78 Å². The number of aliphatic hydroxyl groups excluding tert-OH is 1. The number of carbonyl (C=O) groups is 1. The fourth-order valence-corrected chi connectivity index (χ4v) is 5.29. The highest BCUT2D eigenvalue weighted by Gasteiger charge is 2.33. The first kappa shape index (κ1) is 15.5. The van der Waals surface area contributed by atoms with Gasteiger partial charge in [-0.1, -0.05) is 60.4 Å². The average Bonchev–Trinajstić information content (AvgIpc) is 0.704. The van der Waals surface area contributed by atoms with Crippen LogP contribution in [-0.4, -0.2) is 66.5 Å². The largest absolute Gasteiger partial charge is 0.416 e. The minimum Gasteiger partial charge on any atom is -0.384 e. The standard InChI is InChI=1S/C41H42F5N3O3S/c1-27-22-29(28-12-14-32(15-13-28)41(44,45)46)10-11-30(27)24-48(33-16-18-47(19-17-33)20-21-52-2)38(51)25-49-36-9-4-3-7-34(36)37(50)23-39(49)53-26-31-6-5-8-35(42)40(31)43/h3-15,22-23,33,37,50H,16-21,24-26H2,1-2H3/i2D3,3D,4D,5D,6D,7D,8D,9D,10D,11D,12D,13D,14D,15D,16D2,17D2,18D2,19D2,20D2,22D,23D,26D2,33D. The second-order valence-corrected chi connectivity index (χ2v) is 11.3. The van der Waals surface area contributed by atoms with Gasteiger partial charge >= 0.3 is 6.18 Å². The number of methoxy groups -OCH3 is 1. The van der Waals surface area contributed by atoms with Crippen LogP contribution in [0, 0.1) is 18.6 Å². The van der Waals surface area contributed by atoms with E-state index in [0.29, 0.717) is 0 Å². The van der Waals surface area contributed by atoms with Crippen LogP contribution in [0.5, 0.6) is 0 Å². The molecule has 1 atom stereocenters. The number of fused-ring (bicyclic) bond motifs is 1. The van der Waals surface area contributed by atoms with Crippen LogP contribution >= 0.6 is 11.8 Å². The van der Waals surface area contributed by atoms with Gasteiger partial charge in [0.25, 0.3) is 0 Å². The van der Waals surface area contributed by atoms with Gasteiger partial charge in [-0.3, -0.25) is 4.79 Å². The Kier molecular flexibility index (Phi) is 4.92. The molecule has 1 saturated heterocycles. The van der Waals surface area contributed by atoms with Crippen LogP contribution in [0.2, 0.25) is 0 Å². The van der Waals surface area contributed by atoms with Crippen molar-refractivity contribution in [3.05, 3.63) is 135 Å². The fourth-order valence-electron chi connectivity index (χ4n) is 4.51. The number of rotatable bonds is 12. The first-order valence-corrected chi connectivity index (χ1v) is 15.5. The summed E-state index contributed by atoms with van der Waals surface area (Å²) in [6.07, 6.45) is -17.6. The molecule has 4 aromatic carbocycles. The van der Waals surface area contributed by atoms with Crippen LogP contribution in [0.15, 0.2) is 95.7 Å². The van der Waals surface area contributed by atoms with Crippen LogP contribution in [0.25, 0.3) is 11.1 Å². The van der Waals surface area contributed by atoms with Crippen molar-refractivity contribution in [2.45, 2.75) is 50.2 Å². The summed E-state index contributed by atoms with van der Waals surface area (Å²) in [5, 5.41) is 10.3. The molecule has 6 rings (SSSR count).